The molecule has 0 radical (unpaired) electrons. The van der Waals surface area contributed by atoms with Gasteiger partial charge in [0, 0.05) is 59.0 Å². The lowest BCUT2D eigenvalue weighted by Crippen LogP contribution is -2.63. The normalized spacial score (nSPS) is 52.2. The molecule has 0 aromatic carbocycles. The van der Waals surface area contributed by atoms with Gasteiger partial charge in [0.1, 0.15) is 24.9 Å². The standard InChI is InChI=1S/C43H72O13/c1-23-38(45)32(48-7)19-36(51-23)55-40-25(3)53-37(21-34(40)50-9)56-39-24(2)52-35(20-33(39)49-8)54-27-12-15-41(4)26(18-27)10-11-29-28(41)13-16-42(5)30(31(44)22-47-6)14-17-43(29,42)46/h23-30,32-40,45-46H,10-22H2,1-9H3/t23-,24-,25-,26-,27+,28+,29-,30-,32-,33+,34+,35+,36+,37+,38+,39-,40-,41+,42-,43+/m1/s1. The van der Waals surface area contributed by atoms with Crippen LogP contribution in [0.2, 0.25) is 0 Å². The van der Waals surface area contributed by atoms with Crippen LogP contribution in [-0.4, -0.2) is 137 Å². The van der Waals surface area contributed by atoms with E-state index in [0.717, 1.165) is 51.4 Å². The van der Waals surface area contributed by atoms with Crippen molar-refractivity contribution in [1.82, 2.24) is 0 Å². The van der Waals surface area contributed by atoms with E-state index in [-0.39, 0.29) is 77.8 Å². The maximum absolute atomic E-state index is 13.1. The lowest BCUT2D eigenvalue weighted by molar-refractivity contribution is -0.339. The number of ketones is 1. The van der Waals surface area contributed by atoms with Crippen molar-refractivity contribution in [2.24, 2.45) is 34.5 Å². The maximum Gasteiger partial charge on any atom is 0.162 e. The number of aliphatic hydroxyl groups is 2. The summed E-state index contributed by atoms with van der Waals surface area (Å²) in [5.41, 5.74) is -1.04. The molecule has 0 spiro atoms. The molecular weight excluding hydrogens is 724 g/mol. The van der Waals surface area contributed by atoms with E-state index in [1.165, 1.54) is 0 Å². The van der Waals surface area contributed by atoms with Gasteiger partial charge in [-0.05, 0) is 102 Å². The number of carbonyl (C=O) groups excluding carboxylic acids is 1. The van der Waals surface area contributed by atoms with Crippen LogP contribution in [0.3, 0.4) is 0 Å². The Morgan fingerprint density at radius 3 is 1.82 bits per heavy atom. The molecule has 0 amide bonds. The van der Waals surface area contributed by atoms with Crippen LogP contribution in [0.5, 0.6) is 0 Å². The van der Waals surface area contributed by atoms with Crippen LogP contribution in [0.25, 0.3) is 0 Å². The van der Waals surface area contributed by atoms with E-state index in [9.17, 15) is 15.0 Å². The second-order valence-electron chi connectivity index (χ2n) is 18.9. The van der Waals surface area contributed by atoms with Crippen molar-refractivity contribution in [3.63, 3.8) is 0 Å². The van der Waals surface area contributed by atoms with Gasteiger partial charge in [0.15, 0.2) is 24.7 Å². The lowest BCUT2D eigenvalue weighted by Gasteiger charge is -2.63. The highest BCUT2D eigenvalue weighted by Crippen LogP contribution is 2.69. The number of hydrogen-bond acceptors (Lipinski definition) is 13. The maximum atomic E-state index is 13.1. The minimum atomic E-state index is -0.798. The summed E-state index contributed by atoms with van der Waals surface area (Å²) in [6.07, 6.45) is 5.01. The largest absolute Gasteiger partial charge is 0.389 e. The molecule has 7 aliphatic rings. The van der Waals surface area contributed by atoms with Crippen LogP contribution >= 0.6 is 0 Å². The Balaban J connectivity index is 0.920. The molecule has 322 valence electrons. The minimum Gasteiger partial charge on any atom is -0.389 e. The molecule has 0 unspecified atom stereocenters. The lowest BCUT2D eigenvalue weighted by atomic mass is 9.43. The van der Waals surface area contributed by atoms with Gasteiger partial charge in [-0.2, -0.15) is 0 Å². The van der Waals surface area contributed by atoms with Crippen molar-refractivity contribution < 1.29 is 62.4 Å². The van der Waals surface area contributed by atoms with Crippen LogP contribution in [0, 0.1) is 34.5 Å². The first kappa shape index (κ1) is 43.3. The minimum absolute atomic E-state index is 0.0942. The smallest absolute Gasteiger partial charge is 0.162 e. The van der Waals surface area contributed by atoms with Gasteiger partial charge in [-0.3, -0.25) is 4.79 Å². The van der Waals surface area contributed by atoms with E-state index in [1.54, 1.807) is 28.4 Å². The third-order valence-electron chi connectivity index (χ3n) is 16.2. The summed E-state index contributed by atoms with van der Waals surface area (Å²) in [6, 6.07) is 0. The van der Waals surface area contributed by atoms with Crippen molar-refractivity contribution in [2.75, 3.05) is 35.0 Å². The number of ether oxygens (including phenoxy) is 10. The number of hydrogen-bond donors (Lipinski definition) is 2. The zero-order valence-corrected chi connectivity index (χ0v) is 35.4. The summed E-state index contributed by atoms with van der Waals surface area (Å²) in [5, 5.41) is 22.9. The van der Waals surface area contributed by atoms with Crippen molar-refractivity contribution in [3.05, 3.63) is 0 Å². The summed E-state index contributed by atoms with van der Waals surface area (Å²) in [5.74, 6) is 1.22. The summed E-state index contributed by atoms with van der Waals surface area (Å²) >= 11 is 0. The van der Waals surface area contributed by atoms with Crippen LogP contribution in [-0.2, 0) is 52.2 Å². The Morgan fingerprint density at radius 2 is 1.23 bits per heavy atom. The first-order chi connectivity index (χ1) is 26.7. The second kappa shape index (κ2) is 17.3. The summed E-state index contributed by atoms with van der Waals surface area (Å²) in [6.45, 7) is 10.6. The Hall–Kier alpha value is -0.810. The first-order valence-electron chi connectivity index (χ1n) is 21.6. The van der Waals surface area contributed by atoms with E-state index in [2.05, 4.69) is 13.8 Å². The SMILES string of the molecule is COCC(=O)[C@H]1CC[C@]2(O)[C@@H]3CC[C@@H]4C[C@@H](O[C@H]5C[C@H](OC)[C@H](O[C@H]6C[C@H](OC)[C@H](O[C@H]7C[C@@H](OC)[C@@H](O)[C@@H](C)O7)[C@@H](C)O6)[C@@H](C)O5)CC[C@]4(C)[C@H]3CC[C@]12C. The molecule has 0 aromatic rings. The number of carbonyl (C=O) groups is 1. The topological polar surface area (TPSA) is 150 Å². The van der Waals surface area contributed by atoms with Crippen molar-refractivity contribution in [3.8, 4) is 0 Å². The molecule has 2 N–H and O–H groups in total. The van der Waals surface area contributed by atoms with Gasteiger partial charge in [-0.1, -0.05) is 13.8 Å². The van der Waals surface area contributed by atoms with Gasteiger partial charge in [-0.25, -0.2) is 0 Å². The van der Waals surface area contributed by atoms with Crippen molar-refractivity contribution >= 4 is 5.78 Å². The van der Waals surface area contributed by atoms with Crippen LogP contribution in [0.15, 0.2) is 0 Å². The quantitative estimate of drug-likeness (QED) is 0.257. The van der Waals surface area contributed by atoms with Gasteiger partial charge in [0.25, 0.3) is 0 Å². The van der Waals surface area contributed by atoms with Crippen LogP contribution < -0.4 is 0 Å². The average Bonchev–Trinajstić information content (AvgIpc) is 3.45. The summed E-state index contributed by atoms with van der Waals surface area (Å²) < 4.78 is 61.3. The van der Waals surface area contributed by atoms with Crippen LogP contribution in [0.4, 0.5) is 0 Å². The van der Waals surface area contributed by atoms with E-state index in [4.69, 9.17) is 47.4 Å². The summed E-state index contributed by atoms with van der Waals surface area (Å²) in [7, 11) is 6.55. The van der Waals surface area contributed by atoms with Crippen molar-refractivity contribution in [2.45, 2.75) is 197 Å². The number of aliphatic hydroxyl groups excluding tert-OH is 1. The highest BCUT2D eigenvalue weighted by molar-refractivity contribution is 5.83. The molecule has 7 rings (SSSR count). The van der Waals surface area contributed by atoms with Gasteiger partial charge in [-0.15, -0.1) is 0 Å². The van der Waals surface area contributed by atoms with Gasteiger partial charge >= 0.3 is 0 Å². The molecular formula is C43H72O13. The third kappa shape index (κ3) is 7.81. The van der Waals surface area contributed by atoms with E-state index >= 15 is 0 Å². The molecule has 7 fully saturated rings. The Morgan fingerprint density at radius 1 is 0.661 bits per heavy atom. The molecule has 3 aliphatic heterocycles. The Kier molecular flexibility index (Phi) is 13.4. The number of methoxy groups -OCH3 is 4. The molecule has 56 heavy (non-hydrogen) atoms. The van der Waals surface area contributed by atoms with Gasteiger partial charge in [0.2, 0.25) is 0 Å². The number of Topliss-reactive ketones (excluding diaryl/α,β-unsaturated/α-hetero) is 1. The fraction of sp³-hybridized carbons (Fsp3) is 0.977. The average molecular weight is 797 g/mol. The third-order valence-corrected chi connectivity index (χ3v) is 16.2. The molecule has 0 bridgehead atoms. The fourth-order valence-electron chi connectivity index (χ4n) is 13.0. The van der Waals surface area contributed by atoms with Crippen LogP contribution in [0.1, 0.15) is 112 Å². The van der Waals surface area contributed by atoms with E-state index in [0.29, 0.717) is 37.5 Å². The Labute approximate surface area is 334 Å². The highest BCUT2D eigenvalue weighted by atomic mass is 16.7. The molecule has 13 heteroatoms. The molecule has 0 aromatic heterocycles. The number of fused-ring (bicyclic) bond motifs is 5. The fourth-order valence-corrected chi connectivity index (χ4v) is 13.0. The van der Waals surface area contributed by atoms with Gasteiger partial charge in [0.05, 0.1) is 48.3 Å². The van der Waals surface area contributed by atoms with E-state index in [1.807, 2.05) is 20.8 Å². The molecule has 20 atom stereocenters. The monoisotopic (exact) mass is 796 g/mol. The molecule has 13 nitrogen and oxygen atoms in total. The predicted molar refractivity (Wildman–Crippen MR) is 203 cm³/mol. The van der Waals surface area contributed by atoms with Gasteiger partial charge < -0.3 is 57.6 Å². The molecule has 3 saturated heterocycles. The zero-order chi connectivity index (χ0) is 40.2. The van der Waals surface area contributed by atoms with E-state index < -0.39 is 42.8 Å². The Bertz CT molecular complexity index is 1340. The zero-order valence-electron chi connectivity index (χ0n) is 35.4. The predicted octanol–water partition coefficient (Wildman–Crippen LogP) is 4.94. The molecule has 3 heterocycles. The highest BCUT2D eigenvalue weighted by Gasteiger charge is 2.68. The second-order valence-corrected chi connectivity index (χ2v) is 18.9. The van der Waals surface area contributed by atoms with Crippen molar-refractivity contribution in [1.29, 1.82) is 0 Å². The molecule has 4 aliphatic carbocycles. The first-order valence-corrected chi connectivity index (χ1v) is 21.6. The molecule has 4 saturated carbocycles. The number of rotatable bonds is 12. The summed E-state index contributed by atoms with van der Waals surface area (Å²) in [4.78, 5) is 13.1.